The first-order chi connectivity index (χ1) is 11.9. The Morgan fingerprint density at radius 1 is 1.40 bits per heavy atom. The average Bonchev–Trinajstić information content (AvgIpc) is 2.99. The number of aliphatic imine (C=N–C) groups is 1. The highest BCUT2D eigenvalue weighted by Gasteiger charge is 2.32. The van der Waals surface area contributed by atoms with Gasteiger partial charge in [0, 0.05) is 16.3 Å². The van der Waals surface area contributed by atoms with E-state index in [1.54, 1.807) is 13.8 Å². The minimum atomic E-state index is -0.757. The number of hydrogen-bond acceptors (Lipinski definition) is 6. The lowest BCUT2D eigenvalue weighted by atomic mass is 9.95. The number of rotatable bonds is 3. The van der Waals surface area contributed by atoms with Crippen molar-refractivity contribution < 1.29 is 18.3 Å². The van der Waals surface area contributed by atoms with Crippen molar-refractivity contribution in [1.82, 2.24) is 10.3 Å². The number of ether oxygens (including phenoxy) is 1. The number of esters is 1. The number of carbonyl (C=O) groups excluding carboxylic acids is 1. The van der Waals surface area contributed by atoms with Crippen molar-refractivity contribution in [1.29, 1.82) is 0 Å². The molecule has 25 heavy (non-hydrogen) atoms. The molecule has 0 saturated carbocycles. The monoisotopic (exact) mass is 363 g/mol. The fourth-order valence-electron chi connectivity index (χ4n) is 2.65. The number of amidine groups is 1. The molecule has 130 valence electrons. The first-order valence-electron chi connectivity index (χ1n) is 7.41. The van der Waals surface area contributed by atoms with E-state index in [9.17, 15) is 9.18 Å². The average molecular weight is 364 g/mol. The minimum Gasteiger partial charge on any atom is -0.466 e. The van der Waals surface area contributed by atoms with E-state index < -0.39 is 17.8 Å². The first-order valence-corrected chi connectivity index (χ1v) is 7.79. The number of carbonyl (C=O) groups is 1. The Labute approximate surface area is 148 Å². The summed E-state index contributed by atoms with van der Waals surface area (Å²) in [6.07, 6.45) is 1.31. The van der Waals surface area contributed by atoms with E-state index in [2.05, 4.69) is 15.3 Å². The number of aromatic nitrogens is 1. The number of nitrogens with one attached hydrogen (secondary N) is 1. The summed E-state index contributed by atoms with van der Waals surface area (Å²) in [5, 5.41) is 3.21. The van der Waals surface area contributed by atoms with Crippen LogP contribution in [0.4, 0.5) is 4.39 Å². The van der Waals surface area contributed by atoms with Gasteiger partial charge in [0.25, 0.3) is 0 Å². The topological polar surface area (TPSA) is 76.7 Å². The van der Waals surface area contributed by atoms with E-state index in [1.807, 2.05) is 0 Å². The van der Waals surface area contributed by atoms with E-state index in [0.717, 1.165) is 0 Å². The van der Waals surface area contributed by atoms with Gasteiger partial charge in [0.2, 0.25) is 0 Å². The minimum absolute atomic E-state index is 0.168. The van der Waals surface area contributed by atoms with E-state index in [1.165, 1.54) is 31.7 Å². The molecule has 0 fully saturated rings. The van der Waals surface area contributed by atoms with Gasteiger partial charge in [0.15, 0.2) is 12.2 Å². The standard InChI is InChI=1S/C17H15ClFN3O3/c1-8-13(17(23)24-3)15(11-5-4-10(19)6-12(11)18)22-16(21-8)14-9(2)25-7-20-14/h4-7,15H,1-3H3,(H,21,22)/t15-/m0/s1. The molecule has 6 nitrogen and oxygen atoms in total. The number of aryl methyl sites for hydroxylation is 1. The van der Waals surface area contributed by atoms with Crippen molar-refractivity contribution in [2.24, 2.45) is 4.99 Å². The zero-order chi connectivity index (χ0) is 18.1. The number of allylic oxidation sites excluding steroid dienone is 1. The smallest absolute Gasteiger partial charge is 0.338 e. The summed E-state index contributed by atoms with van der Waals surface area (Å²) in [4.78, 5) is 21.0. The fourth-order valence-corrected chi connectivity index (χ4v) is 2.92. The summed E-state index contributed by atoms with van der Waals surface area (Å²) in [5.74, 6) is -0.0130. The molecule has 0 radical (unpaired) electrons. The Hall–Kier alpha value is -2.67. The van der Waals surface area contributed by atoms with E-state index in [0.29, 0.717) is 34.1 Å². The molecule has 1 N–H and O–H groups in total. The maximum absolute atomic E-state index is 13.4. The molecular weight excluding hydrogens is 349 g/mol. The maximum Gasteiger partial charge on any atom is 0.338 e. The second kappa shape index (κ2) is 6.68. The van der Waals surface area contributed by atoms with Crippen molar-refractivity contribution in [2.75, 3.05) is 7.11 Å². The predicted octanol–water partition coefficient (Wildman–Crippen LogP) is 3.31. The van der Waals surface area contributed by atoms with Crippen LogP contribution in [0.1, 0.15) is 30.0 Å². The molecule has 0 aliphatic carbocycles. The number of hydrogen-bond donors (Lipinski definition) is 1. The highest BCUT2D eigenvalue weighted by atomic mass is 35.5. The van der Waals surface area contributed by atoms with E-state index >= 15 is 0 Å². The molecule has 0 unspecified atom stereocenters. The second-order valence-electron chi connectivity index (χ2n) is 5.46. The molecule has 1 aliphatic rings. The van der Waals surface area contributed by atoms with Crippen LogP contribution in [0.15, 0.2) is 45.3 Å². The zero-order valence-corrected chi connectivity index (χ0v) is 14.5. The normalized spacial score (nSPS) is 17.2. The van der Waals surface area contributed by atoms with Gasteiger partial charge in [-0.2, -0.15) is 0 Å². The quantitative estimate of drug-likeness (QED) is 0.846. The molecular formula is C17H15ClFN3O3. The highest BCUT2D eigenvalue weighted by molar-refractivity contribution is 6.31. The third-order valence-corrected chi connectivity index (χ3v) is 4.20. The van der Waals surface area contributed by atoms with Crippen LogP contribution < -0.4 is 5.32 Å². The van der Waals surface area contributed by atoms with Gasteiger partial charge in [-0.3, -0.25) is 4.99 Å². The molecule has 1 aromatic heterocycles. The molecule has 8 heteroatoms. The Balaban J connectivity index is 2.16. The number of benzene rings is 1. The van der Waals surface area contributed by atoms with Crippen LogP contribution in [0.5, 0.6) is 0 Å². The van der Waals surface area contributed by atoms with Crippen LogP contribution in [-0.2, 0) is 9.53 Å². The second-order valence-corrected chi connectivity index (χ2v) is 5.87. The van der Waals surface area contributed by atoms with Crippen LogP contribution in [0.2, 0.25) is 5.02 Å². The molecule has 2 aromatic rings. The van der Waals surface area contributed by atoms with Gasteiger partial charge >= 0.3 is 5.97 Å². The van der Waals surface area contributed by atoms with Crippen molar-refractivity contribution in [3.8, 4) is 0 Å². The molecule has 1 aromatic carbocycles. The van der Waals surface area contributed by atoms with Gasteiger partial charge in [0.1, 0.15) is 23.3 Å². The molecule has 1 atom stereocenters. The van der Waals surface area contributed by atoms with Gasteiger partial charge < -0.3 is 14.5 Å². The molecule has 3 rings (SSSR count). The Kier molecular flexibility index (Phi) is 4.59. The Morgan fingerprint density at radius 3 is 2.76 bits per heavy atom. The van der Waals surface area contributed by atoms with E-state index in [4.69, 9.17) is 20.8 Å². The summed E-state index contributed by atoms with van der Waals surface area (Å²) >= 11 is 6.19. The number of oxazole rings is 1. The first kappa shape index (κ1) is 17.2. The third kappa shape index (κ3) is 3.15. The highest BCUT2D eigenvalue weighted by Crippen LogP contribution is 2.36. The molecule has 0 bridgehead atoms. The molecule has 1 aliphatic heterocycles. The molecule has 0 spiro atoms. The fraction of sp³-hybridized carbons (Fsp3) is 0.235. The Morgan fingerprint density at radius 2 is 2.16 bits per heavy atom. The van der Waals surface area contributed by atoms with Gasteiger partial charge in [-0.25, -0.2) is 14.2 Å². The van der Waals surface area contributed by atoms with Crippen LogP contribution in [0, 0.1) is 12.7 Å². The number of nitrogens with zero attached hydrogens (tertiary/aromatic N) is 2. The molecule has 0 saturated heterocycles. The lowest BCUT2D eigenvalue weighted by Gasteiger charge is -2.25. The maximum atomic E-state index is 13.4. The van der Waals surface area contributed by atoms with Crippen molar-refractivity contribution in [3.05, 3.63) is 63.7 Å². The van der Waals surface area contributed by atoms with Gasteiger partial charge in [0.05, 0.1) is 12.7 Å². The SMILES string of the molecule is COC(=O)C1=C(C)NC(c2ncoc2C)=N[C@H]1c1ccc(F)cc1Cl. The van der Waals surface area contributed by atoms with E-state index in [-0.39, 0.29) is 5.02 Å². The lowest BCUT2D eigenvalue weighted by Crippen LogP contribution is -2.33. The summed E-state index contributed by atoms with van der Waals surface area (Å²) in [6.45, 7) is 3.47. The van der Waals surface area contributed by atoms with Crippen molar-refractivity contribution in [3.63, 3.8) is 0 Å². The van der Waals surface area contributed by atoms with Crippen LogP contribution in [-0.4, -0.2) is 23.9 Å². The predicted molar refractivity (Wildman–Crippen MR) is 89.8 cm³/mol. The summed E-state index contributed by atoms with van der Waals surface area (Å²) in [7, 11) is 1.28. The van der Waals surface area contributed by atoms with Gasteiger partial charge in [-0.05, 0) is 26.0 Å². The third-order valence-electron chi connectivity index (χ3n) is 3.87. The largest absolute Gasteiger partial charge is 0.466 e. The van der Waals surface area contributed by atoms with Crippen molar-refractivity contribution in [2.45, 2.75) is 19.9 Å². The van der Waals surface area contributed by atoms with Crippen LogP contribution in [0.3, 0.4) is 0 Å². The summed E-state index contributed by atoms with van der Waals surface area (Å²) in [5.41, 5.74) is 1.85. The molecule has 2 heterocycles. The van der Waals surface area contributed by atoms with Gasteiger partial charge in [-0.1, -0.05) is 17.7 Å². The summed E-state index contributed by atoms with van der Waals surface area (Å²) in [6, 6.07) is 3.19. The number of methoxy groups -OCH3 is 1. The van der Waals surface area contributed by atoms with Gasteiger partial charge in [-0.15, -0.1) is 0 Å². The van der Waals surface area contributed by atoms with Crippen LogP contribution in [0.25, 0.3) is 0 Å². The van der Waals surface area contributed by atoms with Crippen LogP contribution >= 0.6 is 11.6 Å². The lowest BCUT2D eigenvalue weighted by molar-refractivity contribution is -0.136. The zero-order valence-electron chi connectivity index (χ0n) is 13.8. The Bertz CT molecular complexity index is 904. The molecule has 0 amide bonds. The summed E-state index contributed by atoms with van der Waals surface area (Å²) < 4.78 is 23.5. The van der Waals surface area contributed by atoms with Crippen molar-refractivity contribution >= 4 is 23.4 Å². The number of halogens is 2.